The Bertz CT molecular complexity index is 1180. The number of hydrogen-bond acceptors (Lipinski definition) is 12. The fraction of sp³-hybridized carbons (Fsp3) is 0.806. The quantitative estimate of drug-likeness (QED) is 0.244. The van der Waals surface area contributed by atoms with E-state index in [1.165, 1.54) is 27.7 Å². The number of aliphatic hydroxyl groups excluding tert-OH is 1. The van der Waals surface area contributed by atoms with Crippen LogP contribution in [0.2, 0.25) is 0 Å². The van der Waals surface area contributed by atoms with E-state index in [9.17, 15) is 24.3 Å². The van der Waals surface area contributed by atoms with Crippen LogP contribution < -0.4 is 0 Å². The number of rotatable bonds is 8. The van der Waals surface area contributed by atoms with Gasteiger partial charge in [-0.15, -0.1) is 0 Å². The molecule has 43 heavy (non-hydrogen) atoms. The second-order valence-electron chi connectivity index (χ2n) is 13.3. The average molecular weight is 609 g/mol. The second-order valence-corrected chi connectivity index (χ2v) is 13.3. The summed E-state index contributed by atoms with van der Waals surface area (Å²) in [4.78, 5) is 50.3. The molecule has 240 valence electrons. The van der Waals surface area contributed by atoms with Crippen LogP contribution in [0.3, 0.4) is 0 Å². The minimum atomic E-state index is -1.60. The normalized spacial score (nSPS) is 43.9. The molecule has 0 aromatic carbocycles. The first-order valence-electron chi connectivity index (χ1n) is 15.2. The standard InChI is InChI=1S/C31H44O12/c1-8-28(6,43-19(5)34)27(36)42-25-21(35)13-22-29(7,23-12-20-9-10-37-26(20)41-23)16(2)11-24(40-18(4)33)30(22,14-38-17(3)32)31(25)15-39-31/h9-10,16,20-26,35H,8,11-15H2,1-7H3/t16-,20-,21-,22-,23+,24+,25+,26+,28-,29+,30+,31-/m1/s1. The van der Waals surface area contributed by atoms with Crippen LogP contribution in [0.5, 0.6) is 0 Å². The molecule has 2 aliphatic carbocycles. The van der Waals surface area contributed by atoms with Crippen molar-refractivity contribution in [3.05, 3.63) is 12.3 Å². The summed E-state index contributed by atoms with van der Waals surface area (Å²) in [6.45, 7) is 11.0. The smallest absolute Gasteiger partial charge is 0.350 e. The van der Waals surface area contributed by atoms with Gasteiger partial charge in [-0.2, -0.15) is 0 Å². The highest BCUT2D eigenvalue weighted by molar-refractivity contribution is 5.82. The fourth-order valence-electron chi connectivity index (χ4n) is 8.42. The molecule has 1 N–H and O–H groups in total. The largest absolute Gasteiger partial charge is 0.472 e. The molecule has 12 nitrogen and oxygen atoms in total. The summed E-state index contributed by atoms with van der Waals surface area (Å²) in [5.74, 6) is -2.99. The van der Waals surface area contributed by atoms with Gasteiger partial charge in [0.05, 0.1) is 30.5 Å². The first-order valence-corrected chi connectivity index (χ1v) is 15.2. The van der Waals surface area contributed by atoms with E-state index in [-0.39, 0.29) is 44.0 Å². The molecule has 2 saturated heterocycles. The molecule has 0 aromatic rings. The third-order valence-electron chi connectivity index (χ3n) is 11.0. The highest BCUT2D eigenvalue weighted by Crippen LogP contribution is 2.70. The van der Waals surface area contributed by atoms with Crippen molar-refractivity contribution in [1.82, 2.24) is 0 Å². The third-order valence-corrected chi connectivity index (χ3v) is 11.0. The van der Waals surface area contributed by atoms with E-state index in [4.69, 9.17) is 33.2 Å². The highest BCUT2D eigenvalue weighted by atomic mass is 16.7. The summed E-state index contributed by atoms with van der Waals surface area (Å²) in [5, 5.41) is 11.8. The molecule has 0 radical (unpaired) electrons. The van der Waals surface area contributed by atoms with E-state index in [1.807, 2.05) is 6.08 Å². The zero-order valence-corrected chi connectivity index (χ0v) is 26.0. The van der Waals surface area contributed by atoms with Gasteiger partial charge in [-0.3, -0.25) is 14.4 Å². The van der Waals surface area contributed by atoms with Crippen LogP contribution >= 0.6 is 0 Å². The number of ether oxygens (including phenoxy) is 7. The minimum absolute atomic E-state index is 0.0566. The predicted octanol–water partition coefficient (Wildman–Crippen LogP) is 2.58. The van der Waals surface area contributed by atoms with Gasteiger partial charge in [-0.25, -0.2) is 4.79 Å². The van der Waals surface area contributed by atoms with Crippen molar-refractivity contribution in [2.75, 3.05) is 13.2 Å². The van der Waals surface area contributed by atoms with Crippen molar-refractivity contribution in [3.63, 3.8) is 0 Å². The molecule has 5 rings (SSSR count). The predicted molar refractivity (Wildman–Crippen MR) is 147 cm³/mol. The Morgan fingerprint density at radius 2 is 1.74 bits per heavy atom. The maximum Gasteiger partial charge on any atom is 0.350 e. The molecule has 0 unspecified atom stereocenters. The van der Waals surface area contributed by atoms with E-state index < -0.39 is 76.4 Å². The van der Waals surface area contributed by atoms with Crippen LogP contribution in [0.25, 0.3) is 0 Å². The van der Waals surface area contributed by atoms with Gasteiger partial charge in [-0.1, -0.05) is 20.8 Å². The zero-order chi connectivity index (χ0) is 31.5. The van der Waals surface area contributed by atoms with E-state index in [0.717, 1.165) is 0 Å². The van der Waals surface area contributed by atoms with Gasteiger partial charge < -0.3 is 38.3 Å². The molecule has 0 aromatic heterocycles. The molecule has 2 saturated carbocycles. The number of carbonyl (C=O) groups is 4. The average Bonchev–Trinajstić information content (AvgIpc) is 3.40. The Morgan fingerprint density at radius 1 is 1.05 bits per heavy atom. The maximum atomic E-state index is 13.6. The lowest BCUT2D eigenvalue weighted by Gasteiger charge is -2.65. The van der Waals surface area contributed by atoms with Gasteiger partial charge in [0.15, 0.2) is 6.10 Å². The Kier molecular flexibility index (Phi) is 8.13. The van der Waals surface area contributed by atoms with Crippen LogP contribution in [0.4, 0.5) is 0 Å². The van der Waals surface area contributed by atoms with Crippen LogP contribution in [-0.4, -0.2) is 84.1 Å². The van der Waals surface area contributed by atoms with Crippen molar-refractivity contribution in [3.8, 4) is 0 Å². The maximum absolute atomic E-state index is 13.6. The number of aliphatic hydroxyl groups is 1. The number of fused-ring (bicyclic) bond motifs is 3. The number of esters is 4. The molecule has 12 atom stereocenters. The molecule has 0 bridgehead atoms. The first-order chi connectivity index (χ1) is 20.1. The van der Waals surface area contributed by atoms with Crippen LogP contribution in [0.1, 0.15) is 74.1 Å². The summed E-state index contributed by atoms with van der Waals surface area (Å²) >= 11 is 0. The lowest BCUT2D eigenvalue weighted by Crippen LogP contribution is -2.74. The van der Waals surface area contributed by atoms with Crippen molar-refractivity contribution in [2.24, 2.45) is 28.6 Å². The summed E-state index contributed by atoms with van der Waals surface area (Å²) in [6, 6.07) is 0. The molecule has 4 fully saturated rings. The lowest BCUT2D eigenvalue weighted by atomic mass is 9.41. The highest BCUT2D eigenvalue weighted by Gasteiger charge is 2.81. The molecule has 5 aliphatic rings. The second kappa shape index (κ2) is 11.0. The number of epoxide rings is 1. The number of carbonyl (C=O) groups excluding carboxylic acids is 4. The van der Waals surface area contributed by atoms with E-state index >= 15 is 0 Å². The van der Waals surface area contributed by atoms with E-state index in [0.29, 0.717) is 12.8 Å². The van der Waals surface area contributed by atoms with E-state index in [1.54, 1.807) is 13.2 Å². The number of hydrogen-bond donors (Lipinski definition) is 1. The first kappa shape index (κ1) is 31.7. The van der Waals surface area contributed by atoms with Gasteiger partial charge in [0.1, 0.15) is 18.3 Å². The van der Waals surface area contributed by atoms with Gasteiger partial charge in [0.25, 0.3) is 0 Å². The molecule has 12 heteroatoms. The zero-order valence-electron chi connectivity index (χ0n) is 26.0. The van der Waals surface area contributed by atoms with Gasteiger partial charge in [0, 0.05) is 32.1 Å². The van der Waals surface area contributed by atoms with Crippen molar-refractivity contribution >= 4 is 23.9 Å². The molecule has 3 heterocycles. The van der Waals surface area contributed by atoms with Gasteiger partial charge in [0.2, 0.25) is 11.9 Å². The molecular weight excluding hydrogens is 564 g/mol. The molecular formula is C31H44O12. The lowest BCUT2D eigenvalue weighted by molar-refractivity contribution is -0.285. The van der Waals surface area contributed by atoms with Crippen LogP contribution in [0.15, 0.2) is 12.3 Å². The third kappa shape index (κ3) is 4.93. The molecule has 3 aliphatic heterocycles. The van der Waals surface area contributed by atoms with E-state index in [2.05, 4.69) is 13.8 Å². The van der Waals surface area contributed by atoms with Crippen molar-refractivity contribution < 1.29 is 57.4 Å². The minimum Gasteiger partial charge on any atom is -0.472 e. The van der Waals surface area contributed by atoms with Crippen molar-refractivity contribution in [2.45, 2.75) is 116 Å². The van der Waals surface area contributed by atoms with Gasteiger partial charge >= 0.3 is 23.9 Å². The van der Waals surface area contributed by atoms with Gasteiger partial charge in [-0.05, 0) is 50.5 Å². The summed E-state index contributed by atoms with van der Waals surface area (Å²) < 4.78 is 41.5. The Labute approximate surface area is 251 Å². The Balaban J connectivity index is 1.61. The monoisotopic (exact) mass is 608 g/mol. The van der Waals surface area contributed by atoms with Crippen molar-refractivity contribution in [1.29, 1.82) is 0 Å². The van der Waals surface area contributed by atoms with Crippen LogP contribution in [-0.2, 0) is 52.3 Å². The summed E-state index contributed by atoms with van der Waals surface area (Å²) in [7, 11) is 0. The summed E-state index contributed by atoms with van der Waals surface area (Å²) in [5.41, 5.74) is -4.80. The SMILES string of the molecule is CC[C@@](C)(OC(C)=O)C(=O)O[C@H]1[C@H](O)C[C@@H]2[C@@](C)([C@@H]3C[C@H]4C=CO[C@H]4O3)[C@H](C)C[C@H](OC(C)=O)[C@@]2(COC(C)=O)[C@@]12CO2. The summed E-state index contributed by atoms with van der Waals surface area (Å²) in [6.07, 6.45) is 1.03. The Hall–Kier alpha value is -2.70. The Morgan fingerprint density at radius 3 is 2.30 bits per heavy atom. The topological polar surface area (TPSA) is 156 Å². The van der Waals surface area contributed by atoms with Crippen LogP contribution in [0, 0.1) is 28.6 Å². The molecule has 1 spiro atoms. The molecule has 0 amide bonds. The fourth-order valence-corrected chi connectivity index (χ4v) is 8.42.